The zero-order valence-electron chi connectivity index (χ0n) is 14.5. The van der Waals surface area contributed by atoms with E-state index in [0.717, 1.165) is 38.1 Å². The molecule has 0 aromatic heterocycles. The highest BCUT2D eigenvalue weighted by molar-refractivity contribution is 5.93. The zero-order chi connectivity index (χ0) is 20.8. The van der Waals surface area contributed by atoms with Crippen LogP contribution < -0.4 is 0 Å². The van der Waals surface area contributed by atoms with Crippen LogP contribution in [0, 0.1) is 0 Å². The number of cyclic esters (lactones) is 1. The lowest BCUT2D eigenvalue weighted by Crippen LogP contribution is -2.69. The van der Waals surface area contributed by atoms with Crippen molar-refractivity contribution < 1.29 is 46.1 Å². The fourth-order valence-corrected chi connectivity index (χ4v) is 3.01. The molecule has 2 rings (SSSR count). The molecule has 0 saturated carbocycles. The first-order chi connectivity index (χ1) is 12.2. The third-order valence-corrected chi connectivity index (χ3v) is 4.44. The fraction of sp³-hybridized carbons (Fsp3) is 0.529. The molecule has 0 spiro atoms. The minimum absolute atomic E-state index is 0.121. The van der Waals surface area contributed by atoms with Crippen LogP contribution in [-0.2, 0) is 24.5 Å². The second-order valence-corrected chi connectivity index (χ2v) is 6.75. The van der Waals surface area contributed by atoms with Gasteiger partial charge in [0.15, 0.2) is 11.5 Å². The number of ether oxygens (including phenoxy) is 2. The number of esters is 1. The molecule has 1 aromatic rings. The van der Waals surface area contributed by atoms with Crippen LogP contribution in [0.3, 0.4) is 0 Å². The summed E-state index contributed by atoms with van der Waals surface area (Å²) in [6.07, 6.45) is -6.82. The van der Waals surface area contributed by atoms with Crippen molar-refractivity contribution in [3.8, 4) is 0 Å². The molecular weight excluding hydrogens is 379 g/mol. The van der Waals surface area contributed by atoms with Gasteiger partial charge in [-0.25, -0.2) is 26.7 Å². The molecule has 1 saturated heterocycles. The van der Waals surface area contributed by atoms with Gasteiger partial charge in [0.2, 0.25) is 11.5 Å². The number of carbonyl (C=O) groups excluding carboxylic acids is 1. The van der Waals surface area contributed by atoms with E-state index in [1.165, 1.54) is 6.07 Å². The van der Waals surface area contributed by atoms with Gasteiger partial charge in [-0.3, -0.25) is 4.79 Å². The molecule has 1 heterocycles. The Balaban J connectivity index is 2.87. The maximum Gasteiger partial charge on any atom is 0.339 e. The van der Waals surface area contributed by atoms with Crippen LogP contribution in [0.5, 0.6) is 0 Å². The summed E-state index contributed by atoms with van der Waals surface area (Å²) < 4.78 is 81.2. The number of carbonyl (C=O) groups is 2. The van der Waals surface area contributed by atoms with Crippen LogP contribution >= 0.6 is 0 Å². The lowest BCUT2D eigenvalue weighted by Gasteiger charge is -2.44. The summed E-state index contributed by atoms with van der Waals surface area (Å²) in [5.41, 5.74) is -9.19. The topological polar surface area (TPSA) is 72.8 Å². The van der Waals surface area contributed by atoms with E-state index >= 15 is 8.78 Å². The van der Waals surface area contributed by atoms with Gasteiger partial charge in [-0.1, -0.05) is 30.3 Å². The van der Waals surface area contributed by atoms with Crippen molar-refractivity contribution in [3.05, 3.63) is 35.9 Å². The standard InChI is InChI=1S/C17H17F5O5/c1-14(2)26-10(11(23)27-14)16(13(24)25,9-7-5-4-6-8-9)17(21,22)15(3,20)12(18)19/h4-8,10,12H,1-3H3,(H,24,25)/t10-,15?,16+/m1/s1. The molecule has 3 atom stereocenters. The molecule has 0 bridgehead atoms. The Labute approximate surface area is 151 Å². The fourth-order valence-electron chi connectivity index (χ4n) is 3.01. The summed E-state index contributed by atoms with van der Waals surface area (Å²) in [5, 5.41) is 9.73. The molecule has 10 heteroatoms. The summed E-state index contributed by atoms with van der Waals surface area (Å²) in [6.45, 7) is 2.16. The van der Waals surface area contributed by atoms with E-state index in [-0.39, 0.29) is 6.92 Å². The summed E-state index contributed by atoms with van der Waals surface area (Å²) in [6, 6.07) is 5.36. The Bertz CT molecular complexity index is 734. The van der Waals surface area contributed by atoms with Crippen molar-refractivity contribution >= 4 is 11.9 Å². The second kappa shape index (κ2) is 6.43. The number of benzene rings is 1. The van der Waals surface area contributed by atoms with Crippen molar-refractivity contribution in [1.82, 2.24) is 0 Å². The van der Waals surface area contributed by atoms with Crippen LogP contribution in [-0.4, -0.2) is 47.0 Å². The Kier molecular flexibility index (Phi) is 5.02. The van der Waals surface area contributed by atoms with Gasteiger partial charge in [0.1, 0.15) is 0 Å². The summed E-state index contributed by atoms with van der Waals surface area (Å²) >= 11 is 0. The van der Waals surface area contributed by atoms with Gasteiger partial charge in [-0.05, 0) is 12.5 Å². The summed E-state index contributed by atoms with van der Waals surface area (Å²) in [4.78, 5) is 24.3. The van der Waals surface area contributed by atoms with Crippen molar-refractivity contribution in [3.63, 3.8) is 0 Å². The number of aliphatic carboxylic acids is 1. The molecule has 1 fully saturated rings. The van der Waals surface area contributed by atoms with Crippen LogP contribution in [0.1, 0.15) is 26.3 Å². The summed E-state index contributed by atoms with van der Waals surface area (Å²) in [7, 11) is 0. The van der Waals surface area contributed by atoms with Gasteiger partial charge in [0.05, 0.1) is 0 Å². The number of alkyl halides is 5. The maximum absolute atomic E-state index is 15.3. The van der Waals surface area contributed by atoms with Crippen molar-refractivity contribution in [2.24, 2.45) is 0 Å². The van der Waals surface area contributed by atoms with Gasteiger partial charge in [0.25, 0.3) is 6.43 Å². The van der Waals surface area contributed by atoms with E-state index < -0.39 is 52.8 Å². The van der Waals surface area contributed by atoms with Gasteiger partial charge >= 0.3 is 17.9 Å². The monoisotopic (exact) mass is 396 g/mol. The average molecular weight is 396 g/mol. The Morgan fingerprint density at radius 3 is 2.07 bits per heavy atom. The second-order valence-electron chi connectivity index (χ2n) is 6.75. The molecule has 1 aliphatic rings. The molecule has 1 unspecified atom stereocenters. The largest absolute Gasteiger partial charge is 0.480 e. The van der Waals surface area contributed by atoms with Crippen LogP contribution in [0.25, 0.3) is 0 Å². The lowest BCUT2D eigenvalue weighted by atomic mass is 9.66. The lowest BCUT2D eigenvalue weighted by molar-refractivity contribution is -0.252. The number of halogens is 5. The molecule has 27 heavy (non-hydrogen) atoms. The number of carboxylic acids is 1. The van der Waals surface area contributed by atoms with Crippen LogP contribution in [0.4, 0.5) is 22.0 Å². The number of rotatable bonds is 6. The Morgan fingerprint density at radius 1 is 1.19 bits per heavy atom. The Hall–Kier alpha value is -2.23. The normalized spacial score (nSPS) is 24.2. The van der Waals surface area contributed by atoms with Crippen LogP contribution in [0.15, 0.2) is 30.3 Å². The van der Waals surface area contributed by atoms with Crippen molar-refractivity contribution in [1.29, 1.82) is 0 Å². The molecule has 1 aromatic carbocycles. The molecule has 1 N–H and O–H groups in total. The summed E-state index contributed by atoms with van der Waals surface area (Å²) in [5.74, 6) is -11.0. The van der Waals surface area contributed by atoms with E-state index in [9.17, 15) is 27.9 Å². The van der Waals surface area contributed by atoms with E-state index in [1.54, 1.807) is 0 Å². The first kappa shape index (κ1) is 21.1. The first-order valence-electron chi connectivity index (χ1n) is 7.76. The molecular formula is C17H17F5O5. The minimum Gasteiger partial charge on any atom is -0.480 e. The number of hydrogen-bond acceptors (Lipinski definition) is 4. The molecule has 0 amide bonds. The maximum atomic E-state index is 15.3. The van der Waals surface area contributed by atoms with Gasteiger partial charge in [-0.15, -0.1) is 0 Å². The minimum atomic E-state index is -5.27. The van der Waals surface area contributed by atoms with Crippen LogP contribution in [0.2, 0.25) is 0 Å². The van der Waals surface area contributed by atoms with E-state index in [2.05, 4.69) is 0 Å². The first-order valence-corrected chi connectivity index (χ1v) is 7.76. The van der Waals surface area contributed by atoms with Crippen molar-refractivity contribution in [2.75, 3.05) is 0 Å². The Morgan fingerprint density at radius 2 is 1.70 bits per heavy atom. The van der Waals surface area contributed by atoms with E-state index in [1.807, 2.05) is 0 Å². The van der Waals surface area contributed by atoms with Crippen molar-refractivity contribution in [2.45, 2.75) is 56.1 Å². The molecule has 1 aliphatic heterocycles. The molecule has 0 aliphatic carbocycles. The molecule has 5 nitrogen and oxygen atoms in total. The zero-order valence-corrected chi connectivity index (χ0v) is 14.5. The smallest absolute Gasteiger partial charge is 0.339 e. The van der Waals surface area contributed by atoms with Gasteiger partial charge < -0.3 is 14.6 Å². The third-order valence-electron chi connectivity index (χ3n) is 4.44. The third kappa shape index (κ3) is 2.95. The molecule has 150 valence electrons. The SMILES string of the molecule is CC1(C)OC(=O)[C@H]([C@](C(=O)O)(c2ccccc2)C(F)(F)C(C)(F)C(F)F)O1. The molecule has 0 radical (unpaired) electrons. The predicted octanol–water partition coefficient (Wildman–Crippen LogP) is 3.32. The van der Waals surface area contributed by atoms with Gasteiger partial charge in [0, 0.05) is 13.8 Å². The average Bonchev–Trinajstić information content (AvgIpc) is 2.81. The highest BCUT2D eigenvalue weighted by atomic mass is 19.3. The van der Waals surface area contributed by atoms with Gasteiger partial charge in [-0.2, -0.15) is 0 Å². The predicted molar refractivity (Wildman–Crippen MR) is 81.3 cm³/mol. The highest BCUT2D eigenvalue weighted by Crippen LogP contribution is 2.55. The number of hydrogen-bond donors (Lipinski definition) is 1. The van der Waals surface area contributed by atoms with E-state index in [0.29, 0.717) is 0 Å². The van der Waals surface area contributed by atoms with E-state index in [4.69, 9.17) is 9.47 Å². The number of carboxylic acid groups (broad SMARTS) is 1. The quantitative estimate of drug-likeness (QED) is 0.590. The highest BCUT2D eigenvalue weighted by Gasteiger charge is 2.78.